The van der Waals surface area contributed by atoms with Crippen molar-refractivity contribution >= 4 is 13.7 Å². The number of carbonyl (C=O) groups excluding carboxylic acids is 1. The van der Waals surface area contributed by atoms with Crippen molar-refractivity contribution in [1.29, 1.82) is 0 Å². The van der Waals surface area contributed by atoms with Crippen LogP contribution in [0.5, 0.6) is 0 Å². The second-order valence-corrected chi connectivity index (χ2v) is 17.1. The second-order valence-electron chi connectivity index (χ2n) is 15.7. The van der Waals surface area contributed by atoms with Crippen LogP contribution in [-0.2, 0) is 18.4 Å². The third-order valence-corrected chi connectivity index (χ3v) is 10.2. The number of nitrogens with zero attached hydrogens (tertiary/aromatic N) is 1. The Labute approximate surface area is 332 Å². The highest BCUT2D eigenvalue weighted by atomic mass is 31.2. The van der Waals surface area contributed by atoms with Gasteiger partial charge in [-0.25, -0.2) is 0 Å². The Bertz CT molecular complexity index is 1060. The summed E-state index contributed by atoms with van der Waals surface area (Å²) in [4.78, 5) is 25.2. The van der Waals surface area contributed by atoms with Crippen LogP contribution in [0, 0.1) is 0 Å². The van der Waals surface area contributed by atoms with Crippen molar-refractivity contribution in [3.8, 4) is 0 Å². The maximum Gasteiger partial charge on any atom is 0.268 e. The average molecular weight is 779 g/mol. The first kappa shape index (κ1) is 52.2. The van der Waals surface area contributed by atoms with E-state index in [4.69, 9.17) is 9.05 Å². The van der Waals surface area contributed by atoms with Gasteiger partial charge >= 0.3 is 0 Å². The number of unbranched alkanes of at least 4 members (excludes halogenated alkanes) is 17. The Morgan fingerprint density at radius 2 is 1.13 bits per heavy atom. The molecule has 0 radical (unpaired) electrons. The molecule has 3 unspecified atom stereocenters. The molecule has 0 aromatic carbocycles. The predicted molar refractivity (Wildman–Crippen MR) is 228 cm³/mol. The lowest BCUT2D eigenvalue weighted by molar-refractivity contribution is -0.870. The Hall–Kier alpha value is -1.80. The molecule has 0 aromatic heterocycles. The van der Waals surface area contributed by atoms with Gasteiger partial charge in [-0.3, -0.25) is 9.36 Å². The molecule has 1 amide bonds. The highest BCUT2D eigenvalue weighted by Gasteiger charge is 2.23. The molecule has 54 heavy (non-hydrogen) atoms. The van der Waals surface area contributed by atoms with E-state index in [1.165, 1.54) is 83.5 Å². The van der Waals surface area contributed by atoms with Gasteiger partial charge in [0.1, 0.15) is 13.2 Å². The zero-order chi connectivity index (χ0) is 40.0. The van der Waals surface area contributed by atoms with E-state index in [0.29, 0.717) is 17.4 Å². The Morgan fingerprint density at radius 3 is 1.65 bits per heavy atom. The van der Waals surface area contributed by atoms with E-state index >= 15 is 0 Å². The molecule has 0 saturated heterocycles. The molecule has 0 fully saturated rings. The molecule has 0 aliphatic rings. The molecule has 0 aliphatic heterocycles. The van der Waals surface area contributed by atoms with Crippen LogP contribution in [0.3, 0.4) is 0 Å². The third kappa shape index (κ3) is 38.5. The van der Waals surface area contributed by atoms with E-state index in [9.17, 15) is 19.4 Å². The van der Waals surface area contributed by atoms with E-state index < -0.39 is 26.6 Å². The molecule has 2 N–H and O–H groups in total. The van der Waals surface area contributed by atoms with Gasteiger partial charge < -0.3 is 28.8 Å². The Kier molecular flexibility index (Phi) is 35.6. The number of nitrogens with one attached hydrogen (secondary N) is 1. The van der Waals surface area contributed by atoms with Gasteiger partial charge in [0.05, 0.1) is 39.9 Å². The highest BCUT2D eigenvalue weighted by molar-refractivity contribution is 7.45. The molecule has 0 heterocycles. The maximum atomic E-state index is 12.8. The van der Waals surface area contributed by atoms with E-state index in [1.54, 1.807) is 6.08 Å². The van der Waals surface area contributed by atoms with Crippen LogP contribution in [0.15, 0.2) is 60.8 Å². The van der Waals surface area contributed by atoms with E-state index in [2.05, 4.69) is 67.8 Å². The number of amides is 1. The number of carbonyl (C=O) groups is 1. The van der Waals surface area contributed by atoms with Crippen molar-refractivity contribution < 1.29 is 32.9 Å². The fraction of sp³-hybridized carbons (Fsp3) is 0.756. The topological polar surface area (TPSA) is 108 Å². The van der Waals surface area contributed by atoms with Gasteiger partial charge in [-0.15, -0.1) is 0 Å². The first-order chi connectivity index (χ1) is 26.0. The smallest absolute Gasteiger partial charge is 0.268 e. The van der Waals surface area contributed by atoms with Crippen molar-refractivity contribution in [2.24, 2.45) is 0 Å². The zero-order valence-electron chi connectivity index (χ0n) is 35.4. The number of phosphoric ester groups is 1. The number of hydrogen-bond acceptors (Lipinski definition) is 6. The van der Waals surface area contributed by atoms with Crippen LogP contribution in [0.4, 0.5) is 0 Å². The van der Waals surface area contributed by atoms with Gasteiger partial charge in [-0.2, -0.15) is 0 Å². The summed E-state index contributed by atoms with van der Waals surface area (Å²) >= 11 is 0. The summed E-state index contributed by atoms with van der Waals surface area (Å²) in [6.07, 6.45) is 47.0. The fourth-order valence-corrected chi connectivity index (χ4v) is 6.51. The average Bonchev–Trinajstić information content (AvgIpc) is 3.12. The van der Waals surface area contributed by atoms with E-state index in [0.717, 1.165) is 57.8 Å². The summed E-state index contributed by atoms with van der Waals surface area (Å²) in [6, 6.07) is -0.909. The monoisotopic (exact) mass is 779 g/mol. The van der Waals surface area contributed by atoms with Crippen molar-refractivity contribution in [2.75, 3.05) is 40.9 Å². The fourth-order valence-electron chi connectivity index (χ4n) is 5.79. The molecule has 8 nitrogen and oxygen atoms in total. The first-order valence-electron chi connectivity index (χ1n) is 21.7. The van der Waals surface area contributed by atoms with Gasteiger partial charge in [0, 0.05) is 6.42 Å². The third-order valence-electron chi connectivity index (χ3n) is 9.23. The summed E-state index contributed by atoms with van der Waals surface area (Å²) in [5.74, 6) is -0.240. The molecule has 0 aromatic rings. The minimum atomic E-state index is -4.60. The number of quaternary nitrogens is 1. The number of aliphatic hydroxyl groups is 1. The summed E-state index contributed by atoms with van der Waals surface area (Å²) in [6.45, 7) is 4.48. The van der Waals surface area contributed by atoms with Crippen LogP contribution >= 0.6 is 7.82 Å². The first-order valence-corrected chi connectivity index (χ1v) is 23.1. The molecule has 314 valence electrons. The summed E-state index contributed by atoms with van der Waals surface area (Å²) in [7, 11) is 1.22. The second kappa shape index (κ2) is 36.8. The molecule has 0 rings (SSSR count). The van der Waals surface area contributed by atoms with E-state index in [-0.39, 0.29) is 18.9 Å². The van der Waals surface area contributed by atoms with Crippen LogP contribution in [0.25, 0.3) is 0 Å². The summed E-state index contributed by atoms with van der Waals surface area (Å²) in [5, 5.41) is 13.7. The molecule has 0 spiro atoms. The normalized spacial score (nSPS) is 15.0. The predicted octanol–water partition coefficient (Wildman–Crippen LogP) is 11.2. The van der Waals surface area contributed by atoms with Gasteiger partial charge in [0.25, 0.3) is 7.82 Å². The van der Waals surface area contributed by atoms with Gasteiger partial charge in [-0.1, -0.05) is 164 Å². The molecule has 0 saturated carbocycles. The zero-order valence-corrected chi connectivity index (χ0v) is 36.3. The number of aliphatic hydroxyl groups excluding tert-OH is 1. The molecular weight excluding hydrogens is 695 g/mol. The van der Waals surface area contributed by atoms with Gasteiger partial charge in [0.2, 0.25) is 5.91 Å². The largest absolute Gasteiger partial charge is 0.756 e. The van der Waals surface area contributed by atoms with Crippen molar-refractivity contribution in [2.45, 2.75) is 180 Å². The lowest BCUT2D eigenvalue weighted by atomic mass is 10.0. The minimum Gasteiger partial charge on any atom is -0.756 e. The highest BCUT2D eigenvalue weighted by Crippen LogP contribution is 2.38. The lowest BCUT2D eigenvalue weighted by Crippen LogP contribution is -2.45. The minimum absolute atomic E-state index is 0.0116. The number of hydrogen-bond donors (Lipinski definition) is 2. The quantitative estimate of drug-likeness (QED) is 0.0280. The number of allylic oxidation sites excluding steroid dienone is 9. The van der Waals surface area contributed by atoms with Crippen LogP contribution in [0.2, 0.25) is 0 Å². The lowest BCUT2D eigenvalue weighted by Gasteiger charge is -2.29. The van der Waals surface area contributed by atoms with Gasteiger partial charge in [0.15, 0.2) is 0 Å². The molecule has 3 atom stereocenters. The SMILES string of the molecule is CC/C=C\C/C=C\C/C=C\C/C=C\CCCCC(=O)NC(COP(=O)([O-])OCC[N+](C)(C)C)C(O)/C=C/CCCCCCCCCCCCCCCCC. The molecular formula is C45H83N2O6P. The molecule has 0 bridgehead atoms. The van der Waals surface area contributed by atoms with Crippen molar-refractivity contribution in [1.82, 2.24) is 5.32 Å². The molecule has 0 aliphatic carbocycles. The van der Waals surface area contributed by atoms with Crippen molar-refractivity contribution in [3.63, 3.8) is 0 Å². The number of likely N-dealkylation sites (N-methyl/N-ethyl adjacent to an activating group) is 1. The van der Waals surface area contributed by atoms with Crippen LogP contribution < -0.4 is 10.2 Å². The number of rotatable bonds is 38. The van der Waals surface area contributed by atoms with Crippen molar-refractivity contribution in [3.05, 3.63) is 60.8 Å². The standard InChI is InChI=1S/C45H83N2O6P/c1-6-8-10-12-14-16-18-20-22-23-25-26-28-30-32-34-36-38-44(48)43(42-53-54(50,51)52-41-40-47(3,4)5)46-45(49)39-37-35-33-31-29-27-24-21-19-17-15-13-11-9-7-2/h9,11,15,17,21,24,29,31,36,38,43-44,48H,6-8,10,12-14,16,18-20,22-23,25-28,30,32-35,37,39-42H2,1-5H3,(H-,46,49,50,51)/b11-9-,17-15-,24-21-,31-29-,38-36+. The van der Waals surface area contributed by atoms with Crippen LogP contribution in [-0.4, -0.2) is 68.5 Å². The maximum absolute atomic E-state index is 12.8. The number of phosphoric acid groups is 1. The molecule has 9 heteroatoms. The van der Waals surface area contributed by atoms with Crippen LogP contribution in [0.1, 0.15) is 168 Å². The summed E-state index contributed by atoms with van der Waals surface area (Å²) < 4.78 is 23.1. The Balaban J connectivity index is 4.53. The Morgan fingerprint density at radius 1 is 0.667 bits per heavy atom. The van der Waals surface area contributed by atoms with E-state index in [1.807, 2.05) is 27.2 Å². The van der Waals surface area contributed by atoms with Gasteiger partial charge in [-0.05, 0) is 57.8 Å². The summed E-state index contributed by atoms with van der Waals surface area (Å²) in [5.41, 5.74) is 0.